The van der Waals surface area contributed by atoms with Gasteiger partial charge >= 0.3 is 19.8 Å². The summed E-state index contributed by atoms with van der Waals surface area (Å²) in [6.07, 6.45) is 13.0. The molecule has 8 atom stereocenters. The Kier molecular flexibility index (Phi) is 37.5. The molecule has 3 unspecified atom stereocenters. The molecule has 0 radical (unpaired) electrons. The van der Waals surface area contributed by atoms with Crippen molar-refractivity contribution in [1.29, 1.82) is 0 Å². The first-order valence-electron chi connectivity index (χ1n) is 36.1. The average Bonchev–Trinajstić information content (AvgIpc) is 0.756. The highest BCUT2D eigenvalue weighted by molar-refractivity contribution is 7.48. The molecule has 19 heteroatoms. The second-order valence-electron chi connectivity index (χ2n) is 25.5. The highest BCUT2D eigenvalue weighted by Crippen LogP contribution is 2.54. The Morgan fingerprint density at radius 1 is 0.330 bits per heavy atom. The van der Waals surface area contributed by atoms with Crippen molar-refractivity contribution in [2.24, 2.45) is 0 Å². The standard InChI is InChI=1S/C81H111O18P/c1-8-10-12-14-15-16-17-18-19-20-21-22-24-28-32-74(82)90-60-73(98-75(83)33-29-23-13-11-9-2)61-97-100(84,96-59-62-30-26-25-27-31-62)99-81-79(94-57-66-40-50-71(88-6)51-41-66)77(92-55-64-36-46-69(86-4)47-37-64)76(91-54-63-34-44-68(85-3)45-35-63)78(93-56-65-38-48-70(87-5)49-39-65)80(81)95-58-67-42-52-72(89-7)53-43-67/h25-27,30-31,34-53,73,76-81H,8-24,28-29,32-33,54-61H2,1-7H3/t73-,76?,77-,78+,79-,80-,81?,100?/m1/s1. The molecule has 6 aromatic carbocycles. The van der Waals surface area contributed by atoms with Crippen LogP contribution in [0.4, 0.5) is 0 Å². The summed E-state index contributed by atoms with van der Waals surface area (Å²) in [5.41, 5.74) is 4.55. The van der Waals surface area contributed by atoms with Gasteiger partial charge in [-0.25, -0.2) is 4.57 Å². The van der Waals surface area contributed by atoms with Crippen LogP contribution in [0.25, 0.3) is 0 Å². The fourth-order valence-corrected chi connectivity index (χ4v) is 13.3. The maximum Gasteiger partial charge on any atom is 0.475 e. The van der Waals surface area contributed by atoms with Crippen LogP contribution in [0, 0.1) is 0 Å². The van der Waals surface area contributed by atoms with E-state index in [1.54, 1.807) is 35.5 Å². The normalized spacial score (nSPS) is 17.6. The van der Waals surface area contributed by atoms with Gasteiger partial charge < -0.3 is 56.8 Å². The number of phosphoric ester groups is 1. The summed E-state index contributed by atoms with van der Waals surface area (Å²) in [5.74, 6) is 2.30. The number of hydrogen-bond donors (Lipinski definition) is 0. The molecular weight excluding hydrogens is 1290 g/mol. The van der Waals surface area contributed by atoms with Crippen molar-refractivity contribution >= 4 is 19.8 Å². The molecule has 1 fully saturated rings. The molecule has 7 rings (SSSR count). The molecule has 100 heavy (non-hydrogen) atoms. The minimum atomic E-state index is -5.00. The van der Waals surface area contributed by atoms with Gasteiger partial charge in [0.1, 0.15) is 72.0 Å². The third-order valence-electron chi connectivity index (χ3n) is 17.8. The van der Waals surface area contributed by atoms with Crippen LogP contribution in [0.15, 0.2) is 152 Å². The third-order valence-corrected chi connectivity index (χ3v) is 19.2. The number of esters is 2. The third kappa shape index (κ3) is 29.3. The van der Waals surface area contributed by atoms with Gasteiger partial charge in [0, 0.05) is 12.8 Å². The van der Waals surface area contributed by atoms with E-state index in [4.69, 9.17) is 70.4 Å². The largest absolute Gasteiger partial charge is 0.497 e. The lowest BCUT2D eigenvalue weighted by Crippen LogP contribution is -2.67. The Labute approximate surface area is 595 Å². The molecule has 0 aromatic heterocycles. The predicted octanol–water partition coefficient (Wildman–Crippen LogP) is 18.4. The zero-order valence-corrected chi connectivity index (χ0v) is 61.2. The monoisotopic (exact) mass is 1400 g/mol. The molecule has 0 amide bonds. The molecule has 1 aliphatic carbocycles. The van der Waals surface area contributed by atoms with E-state index in [-0.39, 0.29) is 59.1 Å². The first kappa shape index (κ1) is 80.5. The summed E-state index contributed by atoms with van der Waals surface area (Å²) in [6.45, 7) is 3.25. The minimum absolute atomic E-state index is 0.0250. The highest BCUT2D eigenvalue weighted by atomic mass is 31.2. The van der Waals surface area contributed by atoms with Crippen LogP contribution in [-0.2, 0) is 101 Å². The summed E-state index contributed by atoms with van der Waals surface area (Å²) < 4.78 is 113. The van der Waals surface area contributed by atoms with Gasteiger partial charge in [-0.2, -0.15) is 0 Å². The Balaban J connectivity index is 1.27. The lowest BCUT2D eigenvalue weighted by atomic mass is 9.83. The van der Waals surface area contributed by atoms with Crippen molar-refractivity contribution in [1.82, 2.24) is 0 Å². The number of unbranched alkanes of at least 4 members (excludes halogenated alkanes) is 17. The second-order valence-corrected chi connectivity index (χ2v) is 27.1. The van der Waals surface area contributed by atoms with E-state index in [2.05, 4.69) is 13.8 Å². The topological polar surface area (TPSA) is 190 Å². The van der Waals surface area contributed by atoms with E-state index >= 15 is 4.57 Å². The number of carbonyl (C=O) groups excluding carboxylic acids is 2. The summed E-state index contributed by atoms with van der Waals surface area (Å²) in [5, 5.41) is 0. The molecule has 1 aliphatic rings. The van der Waals surface area contributed by atoms with Gasteiger partial charge in [0.2, 0.25) is 0 Å². The van der Waals surface area contributed by atoms with Crippen molar-refractivity contribution in [3.05, 3.63) is 185 Å². The second kappa shape index (κ2) is 46.6. The van der Waals surface area contributed by atoms with Gasteiger partial charge in [-0.3, -0.25) is 23.2 Å². The average molecular weight is 1400 g/mol. The predicted molar refractivity (Wildman–Crippen MR) is 387 cm³/mol. The quantitative estimate of drug-likeness (QED) is 0.0199. The van der Waals surface area contributed by atoms with E-state index < -0.39 is 69.1 Å². The maximum atomic E-state index is 16.5. The van der Waals surface area contributed by atoms with Crippen LogP contribution in [0.2, 0.25) is 0 Å². The van der Waals surface area contributed by atoms with Crippen LogP contribution in [0.1, 0.15) is 182 Å². The lowest BCUT2D eigenvalue weighted by molar-refractivity contribution is -0.280. The molecule has 6 aromatic rings. The minimum Gasteiger partial charge on any atom is -0.497 e. The van der Waals surface area contributed by atoms with Crippen molar-refractivity contribution in [2.75, 3.05) is 48.8 Å². The molecule has 18 nitrogen and oxygen atoms in total. The highest BCUT2D eigenvalue weighted by Gasteiger charge is 2.57. The van der Waals surface area contributed by atoms with E-state index in [1.165, 1.54) is 64.2 Å². The Hall–Kier alpha value is -6.83. The smallest absolute Gasteiger partial charge is 0.475 e. The van der Waals surface area contributed by atoms with Crippen molar-refractivity contribution in [3.8, 4) is 28.7 Å². The van der Waals surface area contributed by atoms with E-state index in [0.29, 0.717) is 47.2 Å². The number of methoxy groups -OCH3 is 5. The molecule has 0 aliphatic heterocycles. The zero-order chi connectivity index (χ0) is 70.8. The van der Waals surface area contributed by atoms with E-state index in [1.807, 2.05) is 152 Å². The number of carbonyl (C=O) groups is 2. The zero-order valence-electron chi connectivity index (χ0n) is 60.3. The van der Waals surface area contributed by atoms with E-state index in [9.17, 15) is 9.59 Å². The van der Waals surface area contributed by atoms with Crippen molar-refractivity contribution in [3.63, 3.8) is 0 Å². The fraction of sp³-hybridized carbons (Fsp3) is 0.531. The SMILES string of the molecule is CCCCCCCCCCCCCCCCC(=O)OC[C@H](COP(=O)(OCc1ccccc1)OC1[C@H](OCc2ccc(OC)cc2)[C@H](OCc2ccc(OC)cc2)C(OCc2ccc(OC)cc2)[C@H](OCc2ccc(OC)cc2)[C@H]1OCc1ccc(OC)cc1)OC(=O)CCCCCCC. The molecule has 0 N–H and O–H groups in total. The molecule has 0 heterocycles. The van der Waals surface area contributed by atoms with Crippen LogP contribution in [0.5, 0.6) is 28.7 Å². The van der Waals surface area contributed by atoms with Crippen molar-refractivity contribution in [2.45, 2.75) is 231 Å². The van der Waals surface area contributed by atoms with Crippen LogP contribution in [-0.4, -0.2) is 103 Å². The lowest BCUT2D eigenvalue weighted by Gasteiger charge is -2.50. The van der Waals surface area contributed by atoms with Gasteiger partial charge in [-0.1, -0.05) is 214 Å². The van der Waals surface area contributed by atoms with Crippen LogP contribution in [0.3, 0.4) is 0 Å². The number of benzene rings is 6. The number of ether oxygens (including phenoxy) is 12. The van der Waals surface area contributed by atoms with Crippen LogP contribution < -0.4 is 23.7 Å². The Morgan fingerprint density at radius 2 is 0.620 bits per heavy atom. The Bertz CT molecular complexity index is 3070. The number of rotatable bonds is 52. The molecule has 0 bridgehead atoms. The van der Waals surface area contributed by atoms with Gasteiger partial charge in [0.05, 0.1) is 81.8 Å². The van der Waals surface area contributed by atoms with Gasteiger partial charge in [-0.15, -0.1) is 0 Å². The molecule has 0 spiro atoms. The number of phosphoric acid groups is 1. The molecule has 1 saturated carbocycles. The van der Waals surface area contributed by atoms with Crippen LogP contribution >= 0.6 is 7.82 Å². The van der Waals surface area contributed by atoms with Crippen molar-refractivity contribution < 1.29 is 84.6 Å². The first-order valence-corrected chi connectivity index (χ1v) is 37.6. The van der Waals surface area contributed by atoms with Gasteiger partial charge in [0.15, 0.2) is 6.10 Å². The molecular formula is C81H111O18P. The van der Waals surface area contributed by atoms with Gasteiger partial charge in [-0.05, 0) is 107 Å². The first-order chi connectivity index (χ1) is 48.9. The van der Waals surface area contributed by atoms with Gasteiger partial charge in [0.25, 0.3) is 0 Å². The summed E-state index contributed by atoms with van der Waals surface area (Å²) in [4.78, 5) is 27.5. The summed E-state index contributed by atoms with van der Waals surface area (Å²) in [6, 6.07) is 46.7. The summed E-state index contributed by atoms with van der Waals surface area (Å²) in [7, 11) is 3.02. The number of hydrogen-bond acceptors (Lipinski definition) is 18. The van der Waals surface area contributed by atoms with E-state index in [0.717, 1.165) is 72.8 Å². The maximum absolute atomic E-state index is 16.5. The Morgan fingerprint density at radius 3 is 0.940 bits per heavy atom. The molecule has 0 saturated heterocycles. The molecule has 548 valence electrons. The summed E-state index contributed by atoms with van der Waals surface area (Å²) >= 11 is 0. The fourth-order valence-electron chi connectivity index (χ4n) is 11.9.